The van der Waals surface area contributed by atoms with Crippen LogP contribution >= 0.6 is 11.8 Å². The molecule has 5 aromatic carbocycles. The minimum Gasteiger partial charge on any atom is -0.478 e. The van der Waals surface area contributed by atoms with Gasteiger partial charge < -0.3 is 15.7 Å². The number of anilines is 2. The SMILES string of the molecule is O=C(CSc1ccc(NC(=O)c2cccc3cccc(C(=O)O)c23)cc1)Nc1cccc2ccccc12. The van der Waals surface area contributed by atoms with Crippen LogP contribution in [0.15, 0.2) is 108 Å². The Hall–Kier alpha value is -4.62. The van der Waals surface area contributed by atoms with Gasteiger partial charge in [0.25, 0.3) is 5.91 Å². The smallest absolute Gasteiger partial charge is 0.336 e. The molecule has 0 heterocycles. The van der Waals surface area contributed by atoms with Crippen molar-refractivity contribution in [3.63, 3.8) is 0 Å². The van der Waals surface area contributed by atoms with Gasteiger partial charge in [-0.15, -0.1) is 11.8 Å². The number of aromatic carboxylic acids is 1. The van der Waals surface area contributed by atoms with E-state index in [1.165, 1.54) is 17.8 Å². The Labute approximate surface area is 217 Å². The Morgan fingerprint density at radius 2 is 1.32 bits per heavy atom. The number of carbonyl (C=O) groups is 3. The molecule has 0 aromatic heterocycles. The first-order valence-corrected chi connectivity index (χ1v) is 12.5. The fraction of sp³-hybridized carbons (Fsp3) is 0.0333. The van der Waals surface area contributed by atoms with Crippen LogP contribution in [0.3, 0.4) is 0 Å². The van der Waals surface area contributed by atoms with Crippen molar-refractivity contribution in [2.45, 2.75) is 4.90 Å². The van der Waals surface area contributed by atoms with Crippen molar-refractivity contribution in [2.24, 2.45) is 0 Å². The molecule has 0 aliphatic rings. The summed E-state index contributed by atoms with van der Waals surface area (Å²) in [6, 6.07) is 30.9. The molecular formula is C30H22N2O4S. The van der Waals surface area contributed by atoms with Gasteiger partial charge in [0.05, 0.1) is 11.3 Å². The number of thioether (sulfide) groups is 1. The quantitative estimate of drug-likeness (QED) is 0.214. The zero-order chi connectivity index (χ0) is 25.8. The van der Waals surface area contributed by atoms with Crippen LogP contribution in [0.4, 0.5) is 11.4 Å². The number of hydrogen-bond acceptors (Lipinski definition) is 4. The van der Waals surface area contributed by atoms with Gasteiger partial charge in [0, 0.05) is 32.6 Å². The molecule has 0 saturated carbocycles. The van der Waals surface area contributed by atoms with Crippen molar-refractivity contribution in [2.75, 3.05) is 16.4 Å². The fourth-order valence-corrected chi connectivity index (χ4v) is 4.91. The molecule has 0 fully saturated rings. The molecule has 0 radical (unpaired) electrons. The standard InChI is InChI=1S/C30H22N2O4S/c33-27(32-26-13-5-7-19-6-1-2-10-23(19)26)18-37-22-16-14-21(15-17-22)31-29(34)24-11-3-8-20-9-4-12-25(28(20)24)30(35)36/h1-17H,18H2,(H,31,34)(H,32,33)(H,35,36). The van der Waals surface area contributed by atoms with Gasteiger partial charge in [-0.3, -0.25) is 9.59 Å². The van der Waals surface area contributed by atoms with Crippen molar-refractivity contribution in [1.29, 1.82) is 0 Å². The third kappa shape index (κ3) is 5.32. The van der Waals surface area contributed by atoms with Crippen molar-refractivity contribution in [1.82, 2.24) is 0 Å². The summed E-state index contributed by atoms with van der Waals surface area (Å²) in [4.78, 5) is 38.1. The molecule has 182 valence electrons. The maximum absolute atomic E-state index is 13.0. The van der Waals surface area contributed by atoms with Gasteiger partial charge in [-0.1, -0.05) is 60.7 Å². The molecule has 0 saturated heterocycles. The summed E-state index contributed by atoms with van der Waals surface area (Å²) < 4.78 is 0. The molecule has 6 nitrogen and oxygen atoms in total. The summed E-state index contributed by atoms with van der Waals surface area (Å²) in [6.07, 6.45) is 0. The molecule has 37 heavy (non-hydrogen) atoms. The lowest BCUT2D eigenvalue weighted by Crippen LogP contribution is -2.14. The van der Waals surface area contributed by atoms with Crippen molar-refractivity contribution < 1.29 is 19.5 Å². The van der Waals surface area contributed by atoms with Crippen LogP contribution in [0, 0.1) is 0 Å². The van der Waals surface area contributed by atoms with Crippen LogP contribution in [-0.2, 0) is 4.79 Å². The highest BCUT2D eigenvalue weighted by atomic mass is 32.2. The number of fused-ring (bicyclic) bond motifs is 2. The van der Waals surface area contributed by atoms with Crippen LogP contribution in [0.1, 0.15) is 20.7 Å². The molecule has 5 rings (SSSR count). The Morgan fingerprint density at radius 1 is 0.676 bits per heavy atom. The summed E-state index contributed by atoms with van der Waals surface area (Å²) in [5, 5.41) is 18.5. The molecule has 0 spiro atoms. The first-order valence-electron chi connectivity index (χ1n) is 11.6. The third-order valence-corrected chi connectivity index (χ3v) is 6.94. The predicted octanol–water partition coefficient (Wildman–Crippen LogP) is 6.67. The number of nitrogens with one attached hydrogen (secondary N) is 2. The largest absolute Gasteiger partial charge is 0.478 e. The minimum atomic E-state index is -1.09. The van der Waals surface area contributed by atoms with Crippen LogP contribution in [0.25, 0.3) is 21.5 Å². The van der Waals surface area contributed by atoms with E-state index in [9.17, 15) is 19.5 Å². The van der Waals surface area contributed by atoms with E-state index in [0.717, 1.165) is 21.4 Å². The lowest BCUT2D eigenvalue weighted by molar-refractivity contribution is -0.113. The number of carboxylic acids is 1. The number of rotatable bonds is 7. The van der Waals surface area contributed by atoms with E-state index in [4.69, 9.17) is 0 Å². The summed E-state index contributed by atoms with van der Waals surface area (Å²) in [5.41, 5.74) is 1.72. The second kappa shape index (κ2) is 10.6. The minimum absolute atomic E-state index is 0.0803. The van der Waals surface area contributed by atoms with Gasteiger partial charge in [-0.2, -0.15) is 0 Å². The summed E-state index contributed by atoms with van der Waals surface area (Å²) in [7, 11) is 0. The van der Waals surface area contributed by atoms with E-state index in [0.29, 0.717) is 22.0 Å². The average Bonchev–Trinajstić information content (AvgIpc) is 2.92. The number of amides is 2. The Morgan fingerprint density at radius 3 is 2.08 bits per heavy atom. The molecule has 0 aliphatic carbocycles. The lowest BCUT2D eigenvalue weighted by atomic mass is 9.98. The number of benzene rings is 5. The zero-order valence-corrected chi connectivity index (χ0v) is 20.4. The predicted molar refractivity (Wildman–Crippen MR) is 149 cm³/mol. The Bertz CT molecular complexity index is 1640. The van der Waals surface area contributed by atoms with Gasteiger partial charge in [-0.25, -0.2) is 4.79 Å². The number of hydrogen-bond donors (Lipinski definition) is 3. The molecule has 2 amide bonds. The highest BCUT2D eigenvalue weighted by molar-refractivity contribution is 8.00. The van der Waals surface area contributed by atoms with Gasteiger partial charge in [-0.05, 0) is 53.2 Å². The van der Waals surface area contributed by atoms with E-state index >= 15 is 0 Å². The van der Waals surface area contributed by atoms with E-state index in [1.807, 2.05) is 54.6 Å². The van der Waals surface area contributed by atoms with Gasteiger partial charge in [0.2, 0.25) is 5.91 Å². The van der Waals surface area contributed by atoms with E-state index in [-0.39, 0.29) is 17.2 Å². The van der Waals surface area contributed by atoms with Gasteiger partial charge >= 0.3 is 5.97 Å². The molecule has 0 bridgehead atoms. The van der Waals surface area contributed by atoms with Gasteiger partial charge in [0.15, 0.2) is 0 Å². The first kappa shape index (κ1) is 24.1. The molecule has 3 N–H and O–H groups in total. The van der Waals surface area contributed by atoms with E-state index < -0.39 is 11.9 Å². The van der Waals surface area contributed by atoms with Crippen LogP contribution < -0.4 is 10.6 Å². The molecule has 0 atom stereocenters. The molecule has 0 unspecified atom stereocenters. The normalized spacial score (nSPS) is 10.8. The van der Waals surface area contributed by atoms with E-state index in [1.54, 1.807) is 42.5 Å². The second-order valence-electron chi connectivity index (χ2n) is 8.36. The van der Waals surface area contributed by atoms with Crippen molar-refractivity contribution in [3.05, 3.63) is 114 Å². The first-order chi connectivity index (χ1) is 18.0. The Kier molecular flexibility index (Phi) is 6.87. The number of carboxylic acid groups (broad SMARTS) is 1. The number of carbonyl (C=O) groups excluding carboxylic acids is 2. The molecule has 0 aliphatic heterocycles. The topological polar surface area (TPSA) is 95.5 Å². The van der Waals surface area contributed by atoms with Crippen LogP contribution in [-0.4, -0.2) is 28.6 Å². The van der Waals surface area contributed by atoms with Crippen molar-refractivity contribution in [3.8, 4) is 0 Å². The average molecular weight is 507 g/mol. The van der Waals surface area contributed by atoms with Crippen molar-refractivity contribution >= 4 is 62.5 Å². The second-order valence-corrected chi connectivity index (χ2v) is 9.41. The summed E-state index contributed by atoms with van der Waals surface area (Å²) >= 11 is 1.39. The third-order valence-electron chi connectivity index (χ3n) is 5.93. The Balaban J connectivity index is 1.23. The molecular weight excluding hydrogens is 484 g/mol. The lowest BCUT2D eigenvalue weighted by Gasteiger charge is -2.11. The maximum atomic E-state index is 13.0. The summed E-state index contributed by atoms with van der Waals surface area (Å²) in [6.45, 7) is 0. The zero-order valence-electron chi connectivity index (χ0n) is 19.6. The monoisotopic (exact) mass is 506 g/mol. The fourth-order valence-electron chi connectivity index (χ4n) is 4.21. The highest BCUT2D eigenvalue weighted by Crippen LogP contribution is 2.26. The summed E-state index contributed by atoms with van der Waals surface area (Å²) in [5.74, 6) is -1.35. The maximum Gasteiger partial charge on any atom is 0.336 e. The molecule has 7 heteroatoms. The van der Waals surface area contributed by atoms with Gasteiger partial charge in [0.1, 0.15) is 0 Å². The van der Waals surface area contributed by atoms with Crippen LogP contribution in [0.2, 0.25) is 0 Å². The molecule has 5 aromatic rings. The van der Waals surface area contributed by atoms with E-state index in [2.05, 4.69) is 10.6 Å². The van der Waals surface area contributed by atoms with Crippen LogP contribution in [0.5, 0.6) is 0 Å². The highest BCUT2D eigenvalue weighted by Gasteiger charge is 2.16.